The first-order valence-corrected chi connectivity index (χ1v) is 5.49. The third-order valence-corrected chi connectivity index (χ3v) is 3.21. The van der Waals surface area contributed by atoms with Crippen molar-refractivity contribution in [2.24, 2.45) is 11.1 Å². The molecular formula is C13H19ClN2O. The summed E-state index contributed by atoms with van der Waals surface area (Å²) in [5.74, 6) is 0. The average molecular weight is 255 g/mol. The molecule has 0 aliphatic rings. The third kappa shape index (κ3) is 2.46. The Bertz CT molecular complexity index is 493. The zero-order valence-electron chi connectivity index (χ0n) is 10.1. The second-order valence-electron chi connectivity index (χ2n) is 4.91. The summed E-state index contributed by atoms with van der Waals surface area (Å²) in [5.41, 5.74) is 8.09. The van der Waals surface area contributed by atoms with Crippen molar-refractivity contribution in [3.8, 4) is 0 Å². The lowest BCUT2D eigenvalue weighted by atomic mass is 9.81. The molecule has 3 nitrogen and oxygen atoms in total. The number of hydrogen-bond donors (Lipinski definition) is 3. The van der Waals surface area contributed by atoms with Crippen LogP contribution >= 0.6 is 12.4 Å². The lowest BCUT2D eigenvalue weighted by molar-refractivity contribution is 0.133. The van der Waals surface area contributed by atoms with Crippen LogP contribution in [0.4, 0.5) is 0 Å². The van der Waals surface area contributed by atoms with Gasteiger partial charge in [0.05, 0.1) is 0 Å². The molecule has 4 N–H and O–H groups in total. The van der Waals surface area contributed by atoms with E-state index in [2.05, 4.69) is 4.98 Å². The topological polar surface area (TPSA) is 62.0 Å². The van der Waals surface area contributed by atoms with E-state index in [-0.39, 0.29) is 30.5 Å². The number of aliphatic hydroxyl groups excluding tert-OH is 1. The van der Waals surface area contributed by atoms with Gasteiger partial charge >= 0.3 is 0 Å². The molecule has 0 aliphatic heterocycles. The Labute approximate surface area is 107 Å². The Morgan fingerprint density at radius 2 is 2.06 bits per heavy atom. The molecule has 0 aliphatic carbocycles. The molecule has 0 radical (unpaired) electrons. The molecule has 2 aromatic rings. The van der Waals surface area contributed by atoms with E-state index in [1.807, 2.05) is 44.3 Å². The van der Waals surface area contributed by atoms with Crippen LogP contribution in [0.3, 0.4) is 0 Å². The summed E-state index contributed by atoms with van der Waals surface area (Å²) in [6.45, 7) is 4.03. The first kappa shape index (κ1) is 14.0. The number of aromatic nitrogens is 1. The minimum Gasteiger partial charge on any atom is -0.396 e. The second kappa shape index (κ2) is 5.08. The molecule has 0 saturated heterocycles. The zero-order chi connectivity index (χ0) is 11.8. The van der Waals surface area contributed by atoms with Gasteiger partial charge in [-0.15, -0.1) is 12.4 Å². The summed E-state index contributed by atoms with van der Waals surface area (Å²) in [4.78, 5) is 3.17. The maximum atomic E-state index is 9.36. The predicted molar refractivity (Wildman–Crippen MR) is 73.3 cm³/mol. The van der Waals surface area contributed by atoms with E-state index in [0.29, 0.717) is 0 Å². The molecule has 94 valence electrons. The molecule has 0 unspecified atom stereocenters. The summed E-state index contributed by atoms with van der Waals surface area (Å²) in [7, 11) is 0. The van der Waals surface area contributed by atoms with Gasteiger partial charge in [0, 0.05) is 35.2 Å². The third-order valence-electron chi connectivity index (χ3n) is 3.21. The Morgan fingerprint density at radius 3 is 2.71 bits per heavy atom. The van der Waals surface area contributed by atoms with Crippen molar-refractivity contribution >= 4 is 23.3 Å². The van der Waals surface area contributed by atoms with Crippen LogP contribution in [-0.4, -0.2) is 16.7 Å². The molecule has 0 spiro atoms. The van der Waals surface area contributed by atoms with Crippen LogP contribution in [0, 0.1) is 5.41 Å². The van der Waals surface area contributed by atoms with Crippen LogP contribution in [0.5, 0.6) is 0 Å². The van der Waals surface area contributed by atoms with Crippen LogP contribution in [0.2, 0.25) is 0 Å². The van der Waals surface area contributed by atoms with Crippen molar-refractivity contribution in [3.05, 3.63) is 36.0 Å². The molecule has 0 fully saturated rings. The number of nitrogens with two attached hydrogens (primary N) is 1. The van der Waals surface area contributed by atoms with Gasteiger partial charge < -0.3 is 15.8 Å². The number of aliphatic hydroxyl groups is 1. The van der Waals surface area contributed by atoms with Gasteiger partial charge in [-0.1, -0.05) is 26.0 Å². The summed E-state index contributed by atoms with van der Waals surface area (Å²) < 4.78 is 0. The van der Waals surface area contributed by atoms with Crippen molar-refractivity contribution in [1.29, 1.82) is 0 Å². The molecule has 1 aromatic heterocycles. The Hall–Kier alpha value is -1.03. The van der Waals surface area contributed by atoms with E-state index in [1.54, 1.807) is 0 Å². The number of nitrogens with one attached hydrogen (secondary N) is 1. The number of aromatic amines is 1. The first-order valence-electron chi connectivity index (χ1n) is 5.49. The van der Waals surface area contributed by atoms with Gasteiger partial charge in [-0.2, -0.15) is 0 Å². The van der Waals surface area contributed by atoms with E-state index in [4.69, 9.17) is 5.73 Å². The highest BCUT2D eigenvalue weighted by atomic mass is 35.5. The summed E-state index contributed by atoms with van der Waals surface area (Å²) in [6.07, 6.45) is 1.91. The highest BCUT2D eigenvalue weighted by Gasteiger charge is 2.28. The fourth-order valence-corrected chi connectivity index (χ4v) is 1.90. The Balaban J connectivity index is 0.00000144. The minimum absolute atomic E-state index is 0. The van der Waals surface area contributed by atoms with E-state index in [1.165, 1.54) is 0 Å². The molecule has 4 heteroatoms. The molecule has 2 rings (SSSR count). The minimum atomic E-state index is -0.314. The Kier molecular flexibility index (Phi) is 4.20. The summed E-state index contributed by atoms with van der Waals surface area (Å²) in [5, 5.41) is 10.5. The number of hydrogen-bond acceptors (Lipinski definition) is 2. The van der Waals surface area contributed by atoms with Gasteiger partial charge in [-0.25, -0.2) is 0 Å². The van der Waals surface area contributed by atoms with Gasteiger partial charge in [0.1, 0.15) is 0 Å². The van der Waals surface area contributed by atoms with Gasteiger partial charge in [-0.05, 0) is 17.7 Å². The fourth-order valence-electron chi connectivity index (χ4n) is 1.90. The number of fused-ring (bicyclic) bond motifs is 1. The van der Waals surface area contributed by atoms with Gasteiger partial charge in [0.15, 0.2) is 0 Å². The molecule has 17 heavy (non-hydrogen) atoms. The quantitative estimate of drug-likeness (QED) is 0.789. The lowest BCUT2D eigenvalue weighted by Gasteiger charge is -2.30. The normalized spacial score (nSPS) is 13.4. The zero-order valence-corrected chi connectivity index (χ0v) is 10.9. The van der Waals surface area contributed by atoms with E-state index in [9.17, 15) is 5.11 Å². The number of benzene rings is 1. The van der Waals surface area contributed by atoms with Crippen molar-refractivity contribution in [1.82, 2.24) is 4.98 Å². The van der Waals surface area contributed by atoms with Crippen LogP contribution < -0.4 is 5.73 Å². The molecule has 0 amide bonds. The molecule has 1 atom stereocenters. The van der Waals surface area contributed by atoms with E-state index in [0.717, 1.165) is 16.5 Å². The molecule has 1 aromatic carbocycles. The standard InChI is InChI=1S/C13H18N2O.ClH/c1-13(2,8-16)12(14)10-4-3-5-11-9(10)6-7-15-11;/h3-7,12,15-16H,8,14H2,1-2H3;1H/t12-;/m0./s1. The lowest BCUT2D eigenvalue weighted by Crippen LogP contribution is -2.32. The predicted octanol–water partition coefficient (Wildman–Crippen LogP) is 2.61. The largest absolute Gasteiger partial charge is 0.396 e. The van der Waals surface area contributed by atoms with E-state index < -0.39 is 0 Å². The highest BCUT2D eigenvalue weighted by molar-refractivity contribution is 5.85. The smallest absolute Gasteiger partial charge is 0.0500 e. The van der Waals surface area contributed by atoms with Crippen molar-refractivity contribution in [2.75, 3.05) is 6.61 Å². The van der Waals surface area contributed by atoms with Crippen molar-refractivity contribution < 1.29 is 5.11 Å². The molecule has 1 heterocycles. The maximum Gasteiger partial charge on any atom is 0.0500 e. The SMILES string of the molecule is CC(C)(CO)[C@@H](N)c1cccc2[nH]ccc12.Cl. The first-order chi connectivity index (χ1) is 7.56. The second-order valence-corrected chi connectivity index (χ2v) is 4.91. The number of H-pyrrole nitrogens is 1. The summed E-state index contributed by atoms with van der Waals surface area (Å²) in [6, 6.07) is 7.90. The molecular weight excluding hydrogens is 236 g/mol. The number of rotatable bonds is 3. The fraction of sp³-hybridized carbons (Fsp3) is 0.385. The number of halogens is 1. The van der Waals surface area contributed by atoms with Crippen LogP contribution in [0.15, 0.2) is 30.5 Å². The Morgan fingerprint density at radius 1 is 1.35 bits per heavy atom. The van der Waals surface area contributed by atoms with Gasteiger partial charge in [-0.3, -0.25) is 0 Å². The van der Waals surface area contributed by atoms with Crippen LogP contribution in [0.1, 0.15) is 25.5 Å². The monoisotopic (exact) mass is 254 g/mol. The van der Waals surface area contributed by atoms with Crippen molar-refractivity contribution in [2.45, 2.75) is 19.9 Å². The van der Waals surface area contributed by atoms with Crippen molar-refractivity contribution in [3.63, 3.8) is 0 Å². The van der Waals surface area contributed by atoms with Gasteiger partial charge in [0.25, 0.3) is 0 Å². The molecule has 0 saturated carbocycles. The van der Waals surface area contributed by atoms with Crippen LogP contribution in [0.25, 0.3) is 10.9 Å². The summed E-state index contributed by atoms with van der Waals surface area (Å²) >= 11 is 0. The van der Waals surface area contributed by atoms with Gasteiger partial charge in [0.2, 0.25) is 0 Å². The molecule has 0 bridgehead atoms. The highest BCUT2D eigenvalue weighted by Crippen LogP contribution is 2.34. The average Bonchev–Trinajstić information content (AvgIpc) is 2.75. The van der Waals surface area contributed by atoms with Crippen LogP contribution in [-0.2, 0) is 0 Å². The maximum absolute atomic E-state index is 9.36. The van der Waals surface area contributed by atoms with E-state index >= 15 is 0 Å².